The Balaban J connectivity index is 1.45. The summed E-state index contributed by atoms with van der Waals surface area (Å²) in [6.07, 6.45) is -2.90. The van der Waals surface area contributed by atoms with Gasteiger partial charge in [0, 0.05) is 70.6 Å². The van der Waals surface area contributed by atoms with Crippen molar-refractivity contribution in [2.45, 2.75) is 192 Å². The first-order chi connectivity index (χ1) is 35.7. The van der Waals surface area contributed by atoms with E-state index in [1.54, 1.807) is 66.0 Å². The summed E-state index contributed by atoms with van der Waals surface area (Å²) in [5, 5.41) is 24.1. The highest BCUT2D eigenvalue weighted by molar-refractivity contribution is 5.73. The molecule has 2 aromatic rings. The van der Waals surface area contributed by atoms with Crippen molar-refractivity contribution >= 4 is 36.2 Å². The van der Waals surface area contributed by atoms with E-state index in [-0.39, 0.29) is 32.1 Å². The van der Waals surface area contributed by atoms with E-state index in [1.165, 1.54) is 14.0 Å². The Labute approximate surface area is 442 Å². The second-order valence-electron chi connectivity index (χ2n) is 20.8. The van der Waals surface area contributed by atoms with Gasteiger partial charge in [0.2, 0.25) is 0 Å². The molecular formula is C56H83N3O16. The number of benzene rings is 1. The van der Waals surface area contributed by atoms with Crippen LogP contribution in [0.2, 0.25) is 0 Å². The number of β-amino-alcohol motifs (C(OH)–C–C–N with tert-alkyl or cyclic N) is 1. The molecule has 1 aromatic heterocycles. The number of likely N-dealkylation sites (N-methyl/N-ethyl adjacent to an activating group) is 2. The van der Waals surface area contributed by atoms with E-state index in [1.807, 2.05) is 61.4 Å². The molecule has 19 nitrogen and oxygen atoms in total. The molecule has 0 saturated carbocycles. The third-order valence-electron chi connectivity index (χ3n) is 14.4. The van der Waals surface area contributed by atoms with Gasteiger partial charge in [-0.3, -0.25) is 24.2 Å². The van der Waals surface area contributed by atoms with Crippen LogP contribution in [-0.4, -0.2) is 182 Å². The van der Waals surface area contributed by atoms with Crippen molar-refractivity contribution < 1.29 is 76.8 Å². The van der Waals surface area contributed by atoms with Gasteiger partial charge in [0.05, 0.1) is 36.9 Å². The fraction of sp³-hybridized carbons (Fsp3) is 0.679. The Morgan fingerprint density at radius 2 is 1.67 bits per heavy atom. The molecular weight excluding hydrogens is 971 g/mol. The van der Waals surface area contributed by atoms with Gasteiger partial charge in [-0.05, 0) is 103 Å². The number of cyclic esters (lactones) is 1. The summed E-state index contributed by atoms with van der Waals surface area (Å²) >= 11 is 0. The van der Waals surface area contributed by atoms with Crippen LogP contribution in [0.1, 0.15) is 112 Å². The largest absolute Gasteiger partial charge is 0.462 e. The second-order valence-corrected chi connectivity index (χ2v) is 20.8. The Bertz CT molecular complexity index is 2160. The smallest absolute Gasteiger partial charge is 0.309 e. The number of rotatable bonds is 17. The van der Waals surface area contributed by atoms with Gasteiger partial charge in [-0.2, -0.15) is 0 Å². The minimum absolute atomic E-state index is 0.0254. The molecule has 0 amide bonds. The fourth-order valence-corrected chi connectivity index (χ4v) is 10.6. The third kappa shape index (κ3) is 17.4. The van der Waals surface area contributed by atoms with Gasteiger partial charge in [0.25, 0.3) is 0 Å². The van der Waals surface area contributed by atoms with E-state index in [0.717, 1.165) is 23.0 Å². The number of carbonyl (C=O) groups excluding carboxylic acids is 5. The maximum absolute atomic E-state index is 14.3. The van der Waals surface area contributed by atoms with Crippen molar-refractivity contribution in [2.24, 2.45) is 11.8 Å². The predicted molar refractivity (Wildman–Crippen MR) is 276 cm³/mol. The fourth-order valence-electron chi connectivity index (χ4n) is 10.6. The van der Waals surface area contributed by atoms with Crippen molar-refractivity contribution in [3.8, 4) is 11.1 Å². The first-order valence-corrected chi connectivity index (χ1v) is 26.4. The number of nitrogens with zero attached hydrogens (tertiary/aromatic N) is 3. The number of aldehydes is 1. The third-order valence-corrected chi connectivity index (χ3v) is 14.4. The zero-order valence-electron chi connectivity index (χ0n) is 45.7. The Morgan fingerprint density at radius 1 is 0.947 bits per heavy atom. The average Bonchev–Trinajstić information content (AvgIpc) is 3.35. The van der Waals surface area contributed by atoms with Gasteiger partial charge in [-0.1, -0.05) is 57.2 Å². The van der Waals surface area contributed by atoms with E-state index >= 15 is 0 Å². The molecule has 0 bridgehead atoms. The van der Waals surface area contributed by atoms with E-state index < -0.39 is 127 Å². The number of carbonyl (C=O) groups is 5. The highest BCUT2D eigenvalue weighted by atomic mass is 16.7. The number of ether oxygens (including phenoxy) is 9. The maximum Gasteiger partial charge on any atom is 0.309 e. The Morgan fingerprint density at radius 3 is 2.32 bits per heavy atom. The van der Waals surface area contributed by atoms with Crippen molar-refractivity contribution in [2.75, 3.05) is 41.3 Å². The second kappa shape index (κ2) is 29.2. The van der Waals surface area contributed by atoms with Gasteiger partial charge in [0.1, 0.15) is 36.8 Å². The number of aliphatic hydroxyl groups is 2. The van der Waals surface area contributed by atoms with Crippen LogP contribution >= 0.6 is 0 Å². The first kappa shape index (κ1) is 61.2. The topological polar surface area (TPSA) is 228 Å². The van der Waals surface area contributed by atoms with Gasteiger partial charge in [-0.15, -0.1) is 0 Å². The number of methoxy groups -OCH3 is 1. The summed E-state index contributed by atoms with van der Waals surface area (Å²) in [6, 6.07) is 11.1. The van der Waals surface area contributed by atoms with Crippen molar-refractivity contribution in [3.63, 3.8) is 0 Å². The van der Waals surface area contributed by atoms with Gasteiger partial charge in [-0.25, -0.2) is 0 Å². The van der Waals surface area contributed by atoms with Crippen LogP contribution < -0.4 is 0 Å². The van der Waals surface area contributed by atoms with Crippen LogP contribution in [0.25, 0.3) is 17.2 Å². The van der Waals surface area contributed by atoms with Gasteiger partial charge < -0.3 is 67.4 Å². The van der Waals surface area contributed by atoms with Gasteiger partial charge >= 0.3 is 23.9 Å². The molecule has 1 aromatic carbocycles. The monoisotopic (exact) mass is 1050 g/mol. The van der Waals surface area contributed by atoms with Crippen LogP contribution in [0.15, 0.2) is 54.9 Å². The highest BCUT2D eigenvalue weighted by Crippen LogP contribution is 2.39. The van der Waals surface area contributed by atoms with Crippen LogP contribution in [0.3, 0.4) is 0 Å². The molecule has 0 radical (unpaired) electrons. The molecule has 16 atom stereocenters. The lowest BCUT2D eigenvalue weighted by Crippen LogP contribution is -2.66. The lowest BCUT2D eigenvalue weighted by molar-refractivity contribution is -0.344. The molecule has 3 saturated heterocycles. The van der Waals surface area contributed by atoms with Crippen molar-refractivity contribution in [1.29, 1.82) is 0 Å². The summed E-state index contributed by atoms with van der Waals surface area (Å²) in [4.78, 5) is 73.1. The summed E-state index contributed by atoms with van der Waals surface area (Å²) < 4.78 is 56.2. The minimum atomic E-state index is -1.44. The van der Waals surface area contributed by atoms with Crippen LogP contribution in [-0.2, 0) is 66.6 Å². The van der Waals surface area contributed by atoms with E-state index in [9.17, 15) is 34.2 Å². The van der Waals surface area contributed by atoms with Crippen LogP contribution in [0.4, 0.5) is 0 Å². The molecule has 0 spiro atoms. The lowest BCUT2D eigenvalue weighted by atomic mass is 9.82. The molecule has 2 N–H and O–H groups in total. The van der Waals surface area contributed by atoms with E-state index in [4.69, 9.17) is 42.6 Å². The Hall–Kier alpha value is -4.70. The number of hydrogen-bond acceptors (Lipinski definition) is 19. The zero-order valence-corrected chi connectivity index (χ0v) is 45.7. The average molecular weight is 1050 g/mol. The minimum Gasteiger partial charge on any atom is -0.462 e. The van der Waals surface area contributed by atoms with Crippen molar-refractivity contribution in [1.82, 2.24) is 14.8 Å². The van der Waals surface area contributed by atoms with Gasteiger partial charge in [0.15, 0.2) is 24.3 Å². The molecule has 19 heteroatoms. The summed E-state index contributed by atoms with van der Waals surface area (Å²) in [5.74, 6) is -3.47. The molecule has 5 unspecified atom stereocenters. The normalized spacial score (nSPS) is 33.8. The number of esters is 4. The number of aliphatic hydroxyl groups excluding tert-OH is 2. The number of aromatic nitrogens is 1. The molecule has 5 rings (SSSR count). The lowest BCUT2D eigenvalue weighted by Gasteiger charge is -2.50. The van der Waals surface area contributed by atoms with E-state index in [2.05, 4.69) is 11.1 Å². The number of pyridine rings is 1. The molecule has 3 aliphatic rings. The zero-order chi connectivity index (χ0) is 55.0. The first-order valence-electron chi connectivity index (χ1n) is 26.4. The standard InChI is InChI=1S/C56H83N3O16/c1-12-45(63)71-44-30-47(65)70-42(22-15-19-38-18-14-20-39(29-38)41-21-16-25-57-32-41)23-17-26-59(10)33-43(62)34(3)28-40(24-27-60)52(53(44)67-11)74-55-50(66)49(58(8)9)51(35(4)69-55)73-48-31-56(7,75-37(6)61)54(36(5)68-48)72-46(64)13-2/h14-16,18-21,25,27,29,32,34-36,40,42-44,48-55,62,66H,12-13,17,22-24,26,28,30-31,33H2,1-11H3/b19-15+/t34-,35?,36?,40+,42+,43+,44-,48+,49?,50?,51-,52+,53+,54+,55+,56?/m1/s1. The Kier molecular flexibility index (Phi) is 23.8. The summed E-state index contributed by atoms with van der Waals surface area (Å²) in [7, 11) is 6.81. The van der Waals surface area contributed by atoms with Crippen molar-refractivity contribution in [3.05, 3.63) is 60.4 Å². The molecule has 4 heterocycles. The molecule has 3 fully saturated rings. The van der Waals surface area contributed by atoms with E-state index in [0.29, 0.717) is 32.4 Å². The quantitative estimate of drug-likeness (QED) is 0.110. The predicted octanol–water partition coefficient (Wildman–Crippen LogP) is 5.69. The molecule has 0 aliphatic carbocycles. The maximum atomic E-state index is 14.3. The molecule has 3 aliphatic heterocycles. The highest BCUT2D eigenvalue weighted by Gasteiger charge is 2.54. The molecule has 75 heavy (non-hydrogen) atoms. The SMILES string of the molecule is CCC(=O)O[C@@H]1CC(=O)O[C@@H](C/C=C/c2cccc(-c3cccnc3)c2)CCCN(C)C[C@H](O)[C@H](C)C[C@H](CC=O)[C@H](O[C@@H]2OC(C)[C@@H](O[C@H]3CC(C)(OC(C)=O)[C@@H](OC(=O)CC)C(C)O3)C(N(C)C)C2O)[C@H]1OC. The summed E-state index contributed by atoms with van der Waals surface area (Å²) in [6.45, 7) is 12.4. The molecule has 418 valence electrons. The number of hydrogen-bond donors (Lipinski definition) is 2. The van der Waals surface area contributed by atoms with Crippen LogP contribution in [0.5, 0.6) is 0 Å². The van der Waals surface area contributed by atoms with Crippen LogP contribution in [0, 0.1) is 11.8 Å². The summed E-state index contributed by atoms with van der Waals surface area (Å²) in [5.41, 5.74) is 1.61.